The smallest absolute Gasteiger partial charge is 0.267 e. The number of carbonyl (C=O) groups excluding carboxylic acids is 1. The summed E-state index contributed by atoms with van der Waals surface area (Å²) in [7, 11) is 0. The van der Waals surface area contributed by atoms with Crippen LogP contribution in [0.25, 0.3) is 6.08 Å². The molecule has 1 saturated heterocycles. The molecular weight excluding hydrogens is 464 g/mol. The van der Waals surface area contributed by atoms with E-state index in [2.05, 4.69) is 0 Å². The minimum atomic E-state index is 0.0506. The molecule has 0 N–H and O–H groups in total. The number of amidine groups is 1. The van der Waals surface area contributed by atoms with Crippen LogP contribution in [0, 0.1) is 0 Å². The Labute approximate surface area is 209 Å². The van der Waals surface area contributed by atoms with Gasteiger partial charge in [-0.15, -0.1) is 0 Å². The summed E-state index contributed by atoms with van der Waals surface area (Å²) in [4.78, 5) is 20.8. The molecule has 3 aromatic rings. The first-order valence-electron chi connectivity index (χ1n) is 11.5. The molecule has 172 valence electrons. The lowest BCUT2D eigenvalue weighted by atomic mass is 10.2. The van der Waals surface area contributed by atoms with Gasteiger partial charge in [0.15, 0.2) is 5.17 Å². The number of rotatable bonds is 6. The highest BCUT2D eigenvalue weighted by Gasteiger charge is 2.39. The van der Waals surface area contributed by atoms with E-state index in [4.69, 9.17) is 21.3 Å². The zero-order valence-electron chi connectivity index (χ0n) is 18.7. The fraction of sp³-hybridized carbons (Fsp3) is 0.214. The van der Waals surface area contributed by atoms with Gasteiger partial charge in [0.2, 0.25) is 0 Å². The zero-order valence-corrected chi connectivity index (χ0v) is 20.3. The van der Waals surface area contributed by atoms with Gasteiger partial charge < -0.3 is 4.74 Å². The van der Waals surface area contributed by atoms with Crippen molar-refractivity contribution >= 4 is 46.2 Å². The van der Waals surface area contributed by atoms with Crippen molar-refractivity contribution in [2.24, 2.45) is 4.99 Å². The number of para-hydroxylation sites is 1. The normalized spacial score (nSPS) is 18.9. The first-order chi connectivity index (χ1) is 16.7. The van der Waals surface area contributed by atoms with Crippen LogP contribution in [0.3, 0.4) is 0 Å². The van der Waals surface area contributed by atoms with E-state index in [1.807, 2.05) is 89.8 Å². The van der Waals surface area contributed by atoms with Crippen LogP contribution in [0.2, 0.25) is 5.02 Å². The zero-order chi connectivity index (χ0) is 23.3. The van der Waals surface area contributed by atoms with E-state index >= 15 is 0 Å². The molecule has 6 heteroatoms. The summed E-state index contributed by atoms with van der Waals surface area (Å²) in [5, 5.41) is 1.49. The molecule has 0 atom stereocenters. The molecule has 3 aromatic carbocycles. The number of hydrogen-bond acceptors (Lipinski definition) is 4. The van der Waals surface area contributed by atoms with Crippen LogP contribution < -0.4 is 4.74 Å². The molecule has 0 unspecified atom stereocenters. The van der Waals surface area contributed by atoms with Crippen molar-refractivity contribution in [3.63, 3.8) is 0 Å². The summed E-state index contributed by atoms with van der Waals surface area (Å²) in [6.07, 6.45) is 6.34. The van der Waals surface area contributed by atoms with E-state index in [0.29, 0.717) is 16.5 Å². The highest BCUT2D eigenvalue weighted by molar-refractivity contribution is 8.18. The maximum absolute atomic E-state index is 13.4. The van der Waals surface area contributed by atoms with Gasteiger partial charge in [0.1, 0.15) is 12.4 Å². The van der Waals surface area contributed by atoms with Crippen molar-refractivity contribution in [3.05, 3.63) is 99.9 Å². The third-order valence-corrected chi connectivity index (χ3v) is 7.24. The average Bonchev–Trinajstić information content (AvgIpc) is 3.48. The van der Waals surface area contributed by atoms with E-state index < -0.39 is 0 Å². The van der Waals surface area contributed by atoms with Crippen LogP contribution in [0.15, 0.2) is 88.8 Å². The summed E-state index contributed by atoms with van der Waals surface area (Å²) in [5.41, 5.74) is 2.88. The lowest BCUT2D eigenvalue weighted by Gasteiger charge is -2.22. The van der Waals surface area contributed by atoms with Gasteiger partial charge in [-0.25, -0.2) is 4.99 Å². The first-order valence-corrected chi connectivity index (χ1v) is 12.7. The minimum Gasteiger partial charge on any atom is -0.489 e. The van der Waals surface area contributed by atoms with Crippen molar-refractivity contribution in [1.29, 1.82) is 0 Å². The highest BCUT2D eigenvalue weighted by atomic mass is 35.5. The molecule has 0 bridgehead atoms. The summed E-state index contributed by atoms with van der Waals surface area (Å²) >= 11 is 7.40. The molecule has 1 saturated carbocycles. The molecule has 2 fully saturated rings. The number of amides is 1. The van der Waals surface area contributed by atoms with Crippen LogP contribution in [0.5, 0.6) is 5.75 Å². The van der Waals surface area contributed by atoms with Gasteiger partial charge >= 0.3 is 0 Å². The van der Waals surface area contributed by atoms with Crippen molar-refractivity contribution < 1.29 is 9.53 Å². The fourth-order valence-corrected chi connectivity index (χ4v) is 5.41. The molecular formula is C28H25ClN2O2S. The summed E-state index contributed by atoms with van der Waals surface area (Å²) in [5.74, 6) is 0.830. The van der Waals surface area contributed by atoms with E-state index in [-0.39, 0.29) is 11.9 Å². The number of ether oxygens (including phenoxy) is 1. The Balaban J connectivity index is 1.32. The van der Waals surface area contributed by atoms with E-state index in [1.54, 1.807) is 0 Å². The van der Waals surface area contributed by atoms with Gasteiger partial charge in [-0.05, 0) is 78.2 Å². The number of benzene rings is 3. The minimum absolute atomic E-state index is 0.0506. The molecule has 5 rings (SSSR count). The fourth-order valence-electron chi connectivity index (χ4n) is 4.22. The number of thioether (sulfide) groups is 1. The molecule has 2 aliphatic rings. The Morgan fingerprint density at radius 1 is 0.971 bits per heavy atom. The van der Waals surface area contributed by atoms with Crippen molar-refractivity contribution in [3.8, 4) is 5.75 Å². The number of carbonyl (C=O) groups is 1. The third kappa shape index (κ3) is 5.37. The number of hydrogen-bond donors (Lipinski definition) is 0. The molecule has 1 aliphatic carbocycles. The maximum atomic E-state index is 13.4. The number of halogens is 1. The molecule has 1 amide bonds. The maximum Gasteiger partial charge on any atom is 0.267 e. The van der Waals surface area contributed by atoms with Gasteiger partial charge in [-0.3, -0.25) is 9.69 Å². The second kappa shape index (κ2) is 10.5. The topological polar surface area (TPSA) is 41.9 Å². The van der Waals surface area contributed by atoms with E-state index in [9.17, 15) is 4.79 Å². The van der Waals surface area contributed by atoms with Crippen molar-refractivity contribution in [1.82, 2.24) is 4.90 Å². The standard InChI is InChI=1S/C28H25ClN2O2S/c29-22-14-10-21(11-15-22)19-33-25-16-12-20(13-17-25)18-26-27(32)31(24-8-4-5-9-24)28(34-26)30-23-6-2-1-3-7-23/h1-3,6-7,10-18,24H,4-5,8-9,19H2/b26-18-,30-28?. The van der Waals surface area contributed by atoms with Crippen LogP contribution in [-0.4, -0.2) is 22.0 Å². The van der Waals surface area contributed by atoms with Gasteiger partial charge in [0.05, 0.1) is 10.6 Å². The predicted octanol–water partition coefficient (Wildman–Crippen LogP) is 7.47. The summed E-state index contributed by atoms with van der Waals surface area (Å²) < 4.78 is 5.88. The van der Waals surface area contributed by atoms with Gasteiger partial charge in [-0.1, -0.05) is 66.9 Å². The monoisotopic (exact) mass is 488 g/mol. The average molecular weight is 489 g/mol. The second-order valence-corrected chi connectivity index (χ2v) is 9.88. The first kappa shape index (κ1) is 22.8. The van der Waals surface area contributed by atoms with Crippen molar-refractivity contribution in [2.45, 2.75) is 38.3 Å². The SMILES string of the molecule is O=C1/C(=C/c2ccc(OCc3ccc(Cl)cc3)cc2)SC(=Nc2ccccc2)N1C1CCCC1. The predicted molar refractivity (Wildman–Crippen MR) is 140 cm³/mol. The molecule has 34 heavy (non-hydrogen) atoms. The van der Waals surface area contributed by atoms with Crippen LogP contribution >= 0.6 is 23.4 Å². The second-order valence-electron chi connectivity index (χ2n) is 8.44. The highest BCUT2D eigenvalue weighted by Crippen LogP contribution is 2.39. The number of aliphatic imine (C=N–C) groups is 1. The largest absolute Gasteiger partial charge is 0.489 e. The molecule has 1 aliphatic heterocycles. The van der Waals surface area contributed by atoms with Gasteiger partial charge in [0.25, 0.3) is 5.91 Å². The van der Waals surface area contributed by atoms with Crippen LogP contribution in [0.1, 0.15) is 36.8 Å². The van der Waals surface area contributed by atoms with Crippen molar-refractivity contribution in [2.75, 3.05) is 0 Å². The molecule has 0 radical (unpaired) electrons. The summed E-state index contributed by atoms with van der Waals surface area (Å²) in [6, 6.07) is 25.5. The molecule has 0 aromatic heterocycles. The quantitative estimate of drug-likeness (QED) is 0.338. The van der Waals surface area contributed by atoms with Crippen LogP contribution in [-0.2, 0) is 11.4 Å². The molecule has 0 spiro atoms. The van der Waals surface area contributed by atoms with E-state index in [1.165, 1.54) is 11.8 Å². The van der Waals surface area contributed by atoms with E-state index in [0.717, 1.165) is 53.4 Å². The third-order valence-electron chi connectivity index (χ3n) is 6.00. The Morgan fingerprint density at radius 3 is 2.38 bits per heavy atom. The summed E-state index contributed by atoms with van der Waals surface area (Å²) in [6.45, 7) is 0.474. The lowest BCUT2D eigenvalue weighted by molar-refractivity contribution is -0.123. The van der Waals surface area contributed by atoms with Gasteiger partial charge in [0, 0.05) is 11.1 Å². The Hall–Kier alpha value is -3.02. The molecule has 4 nitrogen and oxygen atoms in total. The Morgan fingerprint density at radius 2 is 1.68 bits per heavy atom. The van der Waals surface area contributed by atoms with Gasteiger partial charge in [-0.2, -0.15) is 0 Å². The van der Waals surface area contributed by atoms with Crippen LogP contribution in [0.4, 0.5) is 5.69 Å². The lowest BCUT2D eigenvalue weighted by Crippen LogP contribution is -2.37. The number of nitrogens with zero attached hydrogens (tertiary/aromatic N) is 2. The molecule has 1 heterocycles. The Kier molecular flexibility index (Phi) is 7.02. The Bertz CT molecular complexity index is 1200.